The molecule has 4 aromatic rings. The number of methoxy groups -OCH3 is 2. The molecule has 32 heavy (non-hydrogen) atoms. The molecule has 6 nitrogen and oxygen atoms in total. The SMILES string of the molecule is CCn1cc(CN2CCc3c([nH]c4ccccc34)[C@H]2c2cccc(OC)c2OC)c(C)n1. The number of hydrogen-bond donors (Lipinski definition) is 1. The smallest absolute Gasteiger partial charge is 0.165 e. The summed E-state index contributed by atoms with van der Waals surface area (Å²) in [6.45, 7) is 6.88. The molecule has 5 rings (SSSR count). The first-order valence-corrected chi connectivity index (χ1v) is 11.2. The Morgan fingerprint density at radius 1 is 1.09 bits per heavy atom. The molecule has 1 aliphatic heterocycles. The first-order valence-electron chi connectivity index (χ1n) is 11.2. The lowest BCUT2D eigenvalue weighted by molar-refractivity contribution is 0.197. The van der Waals surface area contributed by atoms with Crippen molar-refractivity contribution in [3.63, 3.8) is 0 Å². The van der Waals surface area contributed by atoms with Gasteiger partial charge in [0.15, 0.2) is 11.5 Å². The highest BCUT2D eigenvalue weighted by Gasteiger charge is 2.34. The highest BCUT2D eigenvalue weighted by atomic mass is 16.5. The van der Waals surface area contributed by atoms with Crippen LogP contribution in [0.2, 0.25) is 0 Å². The number of aromatic amines is 1. The Kier molecular flexibility index (Phi) is 5.39. The summed E-state index contributed by atoms with van der Waals surface area (Å²) in [4.78, 5) is 6.27. The molecule has 0 amide bonds. The van der Waals surface area contributed by atoms with Crippen molar-refractivity contribution < 1.29 is 9.47 Å². The van der Waals surface area contributed by atoms with Crippen molar-refractivity contribution in [3.8, 4) is 11.5 Å². The van der Waals surface area contributed by atoms with E-state index in [0.29, 0.717) is 0 Å². The quantitative estimate of drug-likeness (QED) is 0.475. The molecule has 0 bridgehead atoms. The lowest BCUT2D eigenvalue weighted by Gasteiger charge is -2.36. The van der Waals surface area contributed by atoms with Gasteiger partial charge in [-0.25, -0.2) is 0 Å². The summed E-state index contributed by atoms with van der Waals surface area (Å²) in [5.41, 5.74) is 7.28. The predicted molar refractivity (Wildman–Crippen MR) is 126 cm³/mol. The number of aryl methyl sites for hydroxylation is 2. The standard InChI is InChI=1S/C26H30N4O2/c1-5-30-16-18(17(2)28-30)15-29-14-13-20-19-9-6-7-11-22(19)27-24(20)25(29)21-10-8-12-23(31-3)26(21)32-4/h6-12,16,25,27H,5,13-15H2,1-4H3/t25-/m1/s1. The number of fused-ring (bicyclic) bond motifs is 3. The maximum atomic E-state index is 5.87. The van der Waals surface area contributed by atoms with E-state index in [0.717, 1.165) is 48.8 Å². The van der Waals surface area contributed by atoms with E-state index in [1.54, 1.807) is 14.2 Å². The molecule has 2 aromatic heterocycles. The van der Waals surface area contributed by atoms with Gasteiger partial charge in [-0.15, -0.1) is 0 Å². The number of H-pyrrole nitrogens is 1. The van der Waals surface area contributed by atoms with E-state index in [-0.39, 0.29) is 6.04 Å². The normalized spacial score (nSPS) is 16.3. The summed E-state index contributed by atoms with van der Waals surface area (Å²) >= 11 is 0. The summed E-state index contributed by atoms with van der Waals surface area (Å²) in [5.74, 6) is 1.54. The van der Waals surface area contributed by atoms with Crippen molar-refractivity contribution in [3.05, 3.63) is 76.7 Å². The Balaban J connectivity index is 1.66. The summed E-state index contributed by atoms with van der Waals surface area (Å²) in [6, 6.07) is 14.8. The van der Waals surface area contributed by atoms with Crippen LogP contribution < -0.4 is 9.47 Å². The van der Waals surface area contributed by atoms with Crippen LogP contribution >= 0.6 is 0 Å². The van der Waals surface area contributed by atoms with Crippen LogP contribution in [0.25, 0.3) is 10.9 Å². The number of nitrogens with one attached hydrogen (secondary N) is 1. The second kappa shape index (κ2) is 8.36. The zero-order valence-corrected chi connectivity index (χ0v) is 19.2. The molecule has 1 aliphatic rings. The molecule has 3 heterocycles. The molecule has 1 atom stereocenters. The fraction of sp³-hybridized carbons (Fsp3) is 0.346. The van der Waals surface area contributed by atoms with Gasteiger partial charge < -0.3 is 14.5 Å². The molecule has 0 saturated heterocycles. The average Bonchev–Trinajstić information content (AvgIpc) is 3.38. The van der Waals surface area contributed by atoms with E-state index in [1.165, 1.54) is 27.7 Å². The molecule has 0 spiro atoms. The minimum absolute atomic E-state index is 0.0283. The van der Waals surface area contributed by atoms with Gasteiger partial charge >= 0.3 is 0 Å². The van der Waals surface area contributed by atoms with Crippen molar-refractivity contribution in [2.45, 2.75) is 39.4 Å². The van der Waals surface area contributed by atoms with Crippen LogP contribution in [0.1, 0.15) is 41.0 Å². The third-order valence-electron chi connectivity index (χ3n) is 6.61. The Morgan fingerprint density at radius 2 is 1.94 bits per heavy atom. The van der Waals surface area contributed by atoms with Crippen molar-refractivity contribution in [2.75, 3.05) is 20.8 Å². The first-order chi connectivity index (χ1) is 15.6. The number of hydrogen-bond acceptors (Lipinski definition) is 4. The largest absolute Gasteiger partial charge is 0.493 e. The summed E-state index contributed by atoms with van der Waals surface area (Å²) < 4.78 is 13.5. The monoisotopic (exact) mass is 430 g/mol. The van der Waals surface area contributed by atoms with E-state index in [4.69, 9.17) is 9.47 Å². The molecule has 0 fully saturated rings. The van der Waals surface area contributed by atoms with Crippen molar-refractivity contribution in [1.29, 1.82) is 0 Å². The van der Waals surface area contributed by atoms with Gasteiger partial charge in [-0.3, -0.25) is 9.58 Å². The van der Waals surface area contributed by atoms with Crippen LogP contribution in [0.5, 0.6) is 11.5 Å². The number of aromatic nitrogens is 3. The zero-order chi connectivity index (χ0) is 22.2. The second-order valence-electron chi connectivity index (χ2n) is 8.36. The highest BCUT2D eigenvalue weighted by Crippen LogP contribution is 2.44. The molecule has 0 unspecified atom stereocenters. The third kappa shape index (κ3) is 3.35. The van der Waals surface area contributed by atoms with Crippen LogP contribution in [0, 0.1) is 6.92 Å². The number of nitrogens with zero attached hydrogens (tertiary/aromatic N) is 3. The average molecular weight is 431 g/mol. The van der Waals surface area contributed by atoms with Gasteiger partial charge in [0.1, 0.15) is 0 Å². The summed E-state index contributed by atoms with van der Waals surface area (Å²) in [5, 5.41) is 5.98. The van der Waals surface area contributed by atoms with Crippen LogP contribution in [0.15, 0.2) is 48.7 Å². The molecule has 0 aliphatic carbocycles. The molecular formula is C26H30N4O2. The minimum Gasteiger partial charge on any atom is -0.493 e. The van der Waals surface area contributed by atoms with E-state index >= 15 is 0 Å². The second-order valence-corrected chi connectivity index (χ2v) is 8.36. The lowest BCUT2D eigenvalue weighted by Crippen LogP contribution is -2.36. The highest BCUT2D eigenvalue weighted by molar-refractivity contribution is 5.85. The van der Waals surface area contributed by atoms with Crippen LogP contribution in [0.3, 0.4) is 0 Å². The predicted octanol–water partition coefficient (Wildman–Crippen LogP) is 4.86. The van der Waals surface area contributed by atoms with Crippen LogP contribution in [-0.4, -0.2) is 40.4 Å². The Bertz CT molecular complexity index is 1260. The summed E-state index contributed by atoms with van der Waals surface area (Å²) in [6.07, 6.45) is 3.18. The van der Waals surface area contributed by atoms with Gasteiger partial charge in [0.2, 0.25) is 0 Å². The van der Waals surface area contributed by atoms with Gasteiger partial charge in [0, 0.05) is 53.6 Å². The Labute approximate surface area is 188 Å². The van der Waals surface area contributed by atoms with Gasteiger partial charge in [0.05, 0.1) is 26.0 Å². The fourth-order valence-electron chi connectivity index (χ4n) is 5.04. The van der Waals surface area contributed by atoms with Crippen LogP contribution in [0.4, 0.5) is 0 Å². The Morgan fingerprint density at radius 3 is 2.69 bits per heavy atom. The summed E-state index contributed by atoms with van der Waals surface area (Å²) in [7, 11) is 3.41. The molecule has 1 N–H and O–H groups in total. The lowest BCUT2D eigenvalue weighted by atomic mass is 9.91. The van der Waals surface area contributed by atoms with Gasteiger partial charge in [0.25, 0.3) is 0 Å². The van der Waals surface area contributed by atoms with Crippen molar-refractivity contribution in [2.24, 2.45) is 0 Å². The number of para-hydroxylation sites is 2. The third-order valence-corrected chi connectivity index (χ3v) is 6.61. The van der Waals surface area contributed by atoms with E-state index in [2.05, 4.69) is 65.4 Å². The number of rotatable bonds is 6. The maximum absolute atomic E-state index is 5.87. The molecule has 166 valence electrons. The molecule has 2 aromatic carbocycles. The van der Waals surface area contributed by atoms with Crippen molar-refractivity contribution in [1.82, 2.24) is 19.7 Å². The van der Waals surface area contributed by atoms with Gasteiger partial charge in [-0.1, -0.05) is 30.3 Å². The molecular weight excluding hydrogens is 400 g/mol. The Hall–Kier alpha value is -3.25. The number of benzene rings is 2. The molecule has 6 heteroatoms. The van der Waals surface area contributed by atoms with Gasteiger partial charge in [-0.2, -0.15) is 5.10 Å². The fourth-order valence-corrected chi connectivity index (χ4v) is 5.04. The topological polar surface area (TPSA) is 55.3 Å². The number of ether oxygens (including phenoxy) is 2. The zero-order valence-electron chi connectivity index (χ0n) is 19.2. The molecule has 0 radical (unpaired) electrons. The van der Waals surface area contributed by atoms with Crippen molar-refractivity contribution >= 4 is 10.9 Å². The van der Waals surface area contributed by atoms with E-state index in [1.807, 2.05) is 16.8 Å². The van der Waals surface area contributed by atoms with Crippen LogP contribution in [-0.2, 0) is 19.5 Å². The van der Waals surface area contributed by atoms with E-state index in [9.17, 15) is 0 Å². The first kappa shape index (κ1) is 20.6. The minimum atomic E-state index is 0.0283. The maximum Gasteiger partial charge on any atom is 0.165 e. The van der Waals surface area contributed by atoms with Gasteiger partial charge in [-0.05, 0) is 38.0 Å². The molecule has 0 saturated carbocycles. The van der Waals surface area contributed by atoms with E-state index < -0.39 is 0 Å².